The zero-order valence-electron chi connectivity index (χ0n) is 17.2. The highest BCUT2D eigenvalue weighted by molar-refractivity contribution is 9.10. The van der Waals surface area contributed by atoms with Gasteiger partial charge in [0, 0.05) is 12.1 Å². The highest BCUT2D eigenvalue weighted by atomic mass is 79.9. The Bertz CT molecular complexity index is 1400. The van der Waals surface area contributed by atoms with Crippen molar-refractivity contribution in [3.05, 3.63) is 115 Å². The van der Waals surface area contributed by atoms with Crippen molar-refractivity contribution in [1.29, 1.82) is 5.26 Å². The Labute approximate surface area is 203 Å². The van der Waals surface area contributed by atoms with Crippen molar-refractivity contribution in [1.82, 2.24) is 0 Å². The lowest BCUT2D eigenvalue weighted by Crippen LogP contribution is -1.98. The largest absolute Gasteiger partial charge is 0.486 e. The van der Waals surface area contributed by atoms with Gasteiger partial charge in [0.05, 0.1) is 26.1 Å². The fourth-order valence-corrected chi connectivity index (χ4v) is 4.47. The number of non-ortho nitro benzene ring substituents is 1. The highest BCUT2D eigenvalue weighted by Crippen LogP contribution is 2.36. The van der Waals surface area contributed by atoms with Crippen molar-refractivity contribution in [2.75, 3.05) is 0 Å². The molecule has 0 N–H and O–H groups in total. The van der Waals surface area contributed by atoms with Crippen LogP contribution in [0, 0.1) is 21.4 Å². The third kappa shape index (κ3) is 5.06. The first-order valence-electron chi connectivity index (χ1n) is 9.91. The molecule has 0 bridgehead atoms. The number of allylic oxidation sites excluding steroid dienone is 1. The number of hydrogen-bond acceptors (Lipinski definition) is 4. The Kier molecular flexibility index (Phi) is 6.74. The molecule has 0 saturated carbocycles. The van der Waals surface area contributed by atoms with Crippen LogP contribution in [-0.2, 0) is 6.61 Å². The highest BCUT2D eigenvalue weighted by Gasteiger charge is 2.12. The minimum absolute atomic E-state index is 0.0328. The average molecular weight is 520 g/mol. The minimum atomic E-state index is -0.479. The molecule has 4 rings (SSSR count). The predicted octanol–water partition coefficient (Wildman–Crippen LogP) is 7.81. The molecule has 0 aromatic heterocycles. The van der Waals surface area contributed by atoms with E-state index in [2.05, 4.69) is 40.2 Å². The lowest BCUT2D eigenvalue weighted by Gasteiger charge is -2.13. The van der Waals surface area contributed by atoms with Gasteiger partial charge in [0.2, 0.25) is 0 Å². The number of halogens is 2. The molecule has 0 fully saturated rings. The molecule has 0 unspecified atom stereocenters. The van der Waals surface area contributed by atoms with Gasteiger partial charge in [-0.25, -0.2) is 0 Å². The number of nitro benzene ring substituents is 1. The van der Waals surface area contributed by atoms with Gasteiger partial charge in [0.15, 0.2) is 5.75 Å². The molecule has 0 radical (unpaired) electrons. The fourth-order valence-electron chi connectivity index (χ4n) is 3.48. The first kappa shape index (κ1) is 22.5. The van der Waals surface area contributed by atoms with Crippen LogP contribution in [0.25, 0.3) is 22.4 Å². The number of benzene rings is 4. The molecule has 4 aromatic carbocycles. The van der Waals surface area contributed by atoms with Crippen molar-refractivity contribution in [3.8, 4) is 11.8 Å². The first-order valence-corrected chi connectivity index (χ1v) is 11.1. The van der Waals surface area contributed by atoms with Gasteiger partial charge in [0.25, 0.3) is 5.69 Å². The molecule has 0 saturated heterocycles. The predicted molar refractivity (Wildman–Crippen MR) is 134 cm³/mol. The standard InChI is InChI=1S/C26H16BrClN2O3/c27-24-13-17(12-21(15-29)18-8-10-22(11-9-18)30(31)32)14-25(28)26(24)33-16-20-6-3-5-19-4-1-2-7-23(19)20/h1-14H,16H2/b21-12-. The van der Waals surface area contributed by atoms with E-state index in [1.54, 1.807) is 24.3 Å². The molecular formula is C26H16BrClN2O3. The Hall–Kier alpha value is -3.66. The number of nitriles is 1. The van der Waals surface area contributed by atoms with Crippen molar-refractivity contribution in [2.24, 2.45) is 0 Å². The van der Waals surface area contributed by atoms with Crippen molar-refractivity contribution < 1.29 is 9.66 Å². The summed E-state index contributed by atoms with van der Waals surface area (Å²) in [5.74, 6) is 0.510. The van der Waals surface area contributed by atoms with Crippen LogP contribution in [0.1, 0.15) is 16.7 Å². The van der Waals surface area contributed by atoms with E-state index in [9.17, 15) is 15.4 Å². The van der Waals surface area contributed by atoms with Gasteiger partial charge in [-0.2, -0.15) is 5.26 Å². The van der Waals surface area contributed by atoms with Crippen LogP contribution in [0.15, 0.2) is 83.3 Å². The summed E-state index contributed by atoms with van der Waals surface area (Å²) in [6.07, 6.45) is 1.67. The van der Waals surface area contributed by atoms with Gasteiger partial charge in [-0.15, -0.1) is 0 Å². The van der Waals surface area contributed by atoms with Crippen LogP contribution in [0.4, 0.5) is 5.69 Å². The SMILES string of the molecule is N#C/C(=C/c1cc(Cl)c(OCc2cccc3ccccc23)c(Br)c1)c1ccc([N+](=O)[O-])cc1. The second kappa shape index (κ2) is 9.86. The zero-order chi connectivity index (χ0) is 23.4. The maximum absolute atomic E-state index is 10.9. The minimum Gasteiger partial charge on any atom is -0.486 e. The van der Waals surface area contributed by atoms with Gasteiger partial charge in [-0.1, -0.05) is 54.1 Å². The second-order valence-corrected chi connectivity index (χ2v) is 8.48. The van der Waals surface area contributed by atoms with Crippen LogP contribution in [0.5, 0.6) is 5.75 Å². The number of rotatable bonds is 6. The molecule has 4 aromatic rings. The van der Waals surface area contributed by atoms with E-state index < -0.39 is 4.92 Å². The van der Waals surface area contributed by atoms with Crippen LogP contribution in [-0.4, -0.2) is 4.92 Å². The topological polar surface area (TPSA) is 76.2 Å². The molecule has 0 atom stereocenters. The summed E-state index contributed by atoms with van der Waals surface area (Å²) in [6, 6.07) is 25.7. The molecule has 0 heterocycles. The van der Waals surface area contributed by atoms with Gasteiger partial charge >= 0.3 is 0 Å². The third-order valence-corrected chi connectivity index (χ3v) is 5.96. The van der Waals surface area contributed by atoms with Gasteiger partial charge in [0.1, 0.15) is 6.61 Å². The van der Waals surface area contributed by atoms with Crippen LogP contribution in [0.3, 0.4) is 0 Å². The summed E-state index contributed by atoms with van der Waals surface area (Å²) >= 11 is 10.0. The van der Waals surface area contributed by atoms with Crippen LogP contribution >= 0.6 is 27.5 Å². The van der Waals surface area contributed by atoms with E-state index in [0.717, 1.165) is 16.3 Å². The summed E-state index contributed by atoms with van der Waals surface area (Å²) in [5, 5.41) is 23.1. The first-order chi connectivity index (χ1) is 16.0. The van der Waals surface area contributed by atoms with E-state index in [-0.39, 0.29) is 5.69 Å². The normalized spacial score (nSPS) is 11.2. The van der Waals surface area contributed by atoms with Gasteiger partial charge < -0.3 is 4.74 Å². The monoisotopic (exact) mass is 518 g/mol. The Morgan fingerprint density at radius 2 is 1.82 bits per heavy atom. The molecular weight excluding hydrogens is 504 g/mol. The molecule has 7 heteroatoms. The molecule has 33 heavy (non-hydrogen) atoms. The van der Waals surface area contributed by atoms with Crippen LogP contribution < -0.4 is 4.74 Å². The second-order valence-electron chi connectivity index (χ2n) is 7.21. The summed E-state index contributed by atoms with van der Waals surface area (Å²) in [7, 11) is 0. The molecule has 0 amide bonds. The van der Waals surface area contributed by atoms with Gasteiger partial charge in [-0.05, 0) is 73.7 Å². The number of nitro groups is 1. The molecule has 0 aliphatic carbocycles. The van der Waals surface area contributed by atoms with Crippen molar-refractivity contribution in [2.45, 2.75) is 6.61 Å². The summed E-state index contributed by atoms with van der Waals surface area (Å²) in [5.41, 5.74) is 2.64. The maximum Gasteiger partial charge on any atom is 0.269 e. The molecule has 5 nitrogen and oxygen atoms in total. The van der Waals surface area contributed by atoms with E-state index in [1.807, 2.05) is 30.3 Å². The lowest BCUT2D eigenvalue weighted by molar-refractivity contribution is -0.384. The maximum atomic E-state index is 10.9. The Balaban J connectivity index is 1.58. The molecule has 0 aliphatic rings. The molecule has 0 aliphatic heterocycles. The zero-order valence-corrected chi connectivity index (χ0v) is 19.5. The number of nitrogens with zero attached hydrogens (tertiary/aromatic N) is 2. The quantitative estimate of drug-likeness (QED) is 0.113. The number of hydrogen-bond donors (Lipinski definition) is 0. The van der Waals surface area contributed by atoms with Crippen molar-refractivity contribution >= 4 is 55.6 Å². The Morgan fingerprint density at radius 1 is 1.09 bits per heavy atom. The van der Waals surface area contributed by atoms with Crippen molar-refractivity contribution in [3.63, 3.8) is 0 Å². The number of ether oxygens (including phenoxy) is 1. The molecule has 0 spiro atoms. The number of fused-ring (bicyclic) bond motifs is 1. The summed E-state index contributed by atoms with van der Waals surface area (Å²) in [4.78, 5) is 10.4. The fraction of sp³-hybridized carbons (Fsp3) is 0.0385. The Morgan fingerprint density at radius 3 is 2.52 bits per heavy atom. The van der Waals surface area contributed by atoms with E-state index in [4.69, 9.17) is 16.3 Å². The lowest BCUT2D eigenvalue weighted by atomic mass is 10.0. The average Bonchev–Trinajstić information content (AvgIpc) is 2.82. The van der Waals surface area contributed by atoms with Gasteiger partial charge in [-0.3, -0.25) is 10.1 Å². The smallest absolute Gasteiger partial charge is 0.269 e. The van der Waals surface area contributed by atoms with E-state index in [0.29, 0.717) is 38.6 Å². The van der Waals surface area contributed by atoms with Crippen LogP contribution in [0.2, 0.25) is 5.02 Å². The third-order valence-electron chi connectivity index (χ3n) is 5.09. The van der Waals surface area contributed by atoms with E-state index >= 15 is 0 Å². The molecule has 162 valence electrons. The summed E-state index contributed by atoms with van der Waals surface area (Å²) in [6.45, 7) is 0.348. The van der Waals surface area contributed by atoms with E-state index in [1.165, 1.54) is 12.1 Å². The summed E-state index contributed by atoms with van der Waals surface area (Å²) < 4.78 is 6.69.